The Bertz CT molecular complexity index is 1020. The zero-order valence-electron chi connectivity index (χ0n) is 17.3. The average Bonchev–Trinajstić information content (AvgIpc) is 3.02. The molecule has 1 saturated heterocycles. The highest BCUT2D eigenvalue weighted by molar-refractivity contribution is 8.18. The van der Waals surface area contributed by atoms with Crippen LogP contribution in [-0.2, 0) is 9.53 Å². The lowest BCUT2D eigenvalue weighted by Gasteiger charge is -2.11. The summed E-state index contributed by atoms with van der Waals surface area (Å²) in [4.78, 5) is 32.7. The number of aliphatic imine (C=N–C) groups is 1. The van der Waals surface area contributed by atoms with E-state index in [1.54, 1.807) is 37.4 Å². The lowest BCUT2D eigenvalue weighted by atomic mass is 10.2. The van der Waals surface area contributed by atoms with E-state index in [0.29, 0.717) is 21.3 Å². The number of amidine groups is 1. The van der Waals surface area contributed by atoms with Crippen LogP contribution in [-0.4, -0.2) is 50.2 Å². The van der Waals surface area contributed by atoms with Gasteiger partial charge >= 0.3 is 5.97 Å². The van der Waals surface area contributed by atoms with E-state index in [4.69, 9.17) is 4.74 Å². The number of amides is 1. The number of methoxy groups -OCH3 is 1. The fraction of sp³-hybridized carbons (Fsp3) is 0.174. The van der Waals surface area contributed by atoms with Crippen molar-refractivity contribution in [3.8, 4) is 0 Å². The zero-order chi connectivity index (χ0) is 21.7. The van der Waals surface area contributed by atoms with Crippen LogP contribution in [0.3, 0.4) is 0 Å². The van der Waals surface area contributed by atoms with Crippen molar-refractivity contribution in [2.24, 2.45) is 4.99 Å². The molecule has 3 rings (SSSR count). The van der Waals surface area contributed by atoms with E-state index in [1.807, 2.05) is 55.4 Å². The minimum Gasteiger partial charge on any atom is -0.465 e. The van der Waals surface area contributed by atoms with Gasteiger partial charge in [-0.3, -0.25) is 9.69 Å². The van der Waals surface area contributed by atoms with Gasteiger partial charge in [-0.15, -0.1) is 0 Å². The summed E-state index contributed by atoms with van der Waals surface area (Å²) in [6.45, 7) is 0. The molecule has 0 spiro atoms. The van der Waals surface area contributed by atoms with Gasteiger partial charge in [0, 0.05) is 26.8 Å². The van der Waals surface area contributed by atoms with Crippen molar-refractivity contribution in [3.05, 3.63) is 76.7 Å². The van der Waals surface area contributed by atoms with E-state index in [0.717, 1.165) is 11.3 Å². The number of hydrogen-bond donors (Lipinski definition) is 0. The monoisotopic (exact) mass is 421 g/mol. The first-order chi connectivity index (χ1) is 14.4. The Morgan fingerprint density at radius 1 is 1.10 bits per heavy atom. The second kappa shape index (κ2) is 9.45. The summed E-state index contributed by atoms with van der Waals surface area (Å²) in [6.07, 6.45) is 5.63. The van der Waals surface area contributed by atoms with Crippen LogP contribution in [0.15, 0.2) is 70.6 Å². The number of anilines is 1. The van der Waals surface area contributed by atoms with Gasteiger partial charge in [-0.05, 0) is 59.8 Å². The second-order valence-electron chi connectivity index (χ2n) is 6.78. The first-order valence-electron chi connectivity index (χ1n) is 9.28. The van der Waals surface area contributed by atoms with E-state index in [2.05, 4.69) is 4.99 Å². The van der Waals surface area contributed by atoms with Crippen LogP contribution in [0.2, 0.25) is 0 Å². The number of hydrogen-bond acceptors (Lipinski definition) is 6. The summed E-state index contributed by atoms with van der Waals surface area (Å²) in [6, 6.07) is 14.9. The Labute approximate surface area is 180 Å². The second-order valence-corrected chi connectivity index (χ2v) is 7.78. The maximum absolute atomic E-state index is 12.5. The Hall–Kier alpha value is -3.32. The summed E-state index contributed by atoms with van der Waals surface area (Å²) < 4.78 is 4.69. The maximum Gasteiger partial charge on any atom is 0.337 e. The number of carbonyl (C=O) groups excluding carboxylic acids is 2. The van der Waals surface area contributed by atoms with E-state index in [-0.39, 0.29) is 5.91 Å². The standard InChI is InChI=1S/C23H23N3O3S/c1-25(2)19-14-8-16(9-15-19)6-5-7-20-21(27)26(3)23(30-20)24-18-12-10-17(11-13-18)22(28)29-4/h5-15H,1-4H3/b6-5+,20-7-,24-23?. The molecule has 0 N–H and O–H groups in total. The van der Waals surface area contributed by atoms with Gasteiger partial charge in [0.1, 0.15) is 0 Å². The smallest absolute Gasteiger partial charge is 0.337 e. The van der Waals surface area contributed by atoms with E-state index in [1.165, 1.54) is 23.8 Å². The summed E-state index contributed by atoms with van der Waals surface area (Å²) >= 11 is 1.32. The molecule has 30 heavy (non-hydrogen) atoms. The first kappa shape index (κ1) is 21.4. The van der Waals surface area contributed by atoms with Crippen molar-refractivity contribution in [1.82, 2.24) is 4.90 Å². The van der Waals surface area contributed by atoms with Crippen molar-refractivity contribution < 1.29 is 14.3 Å². The quantitative estimate of drug-likeness (QED) is 0.531. The van der Waals surface area contributed by atoms with Crippen LogP contribution in [0.25, 0.3) is 6.08 Å². The largest absolute Gasteiger partial charge is 0.465 e. The van der Waals surface area contributed by atoms with Gasteiger partial charge in [-0.1, -0.05) is 24.3 Å². The van der Waals surface area contributed by atoms with Crippen LogP contribution < -0.4 is 4.90 Å². The number of esters is 1. The van der Waals surface area contributed by atoms with Crippen LogP contribution in [0.1, 0.15) is 15.9 Å². The molecule has 0 aliphatic carbocycles. The van der Waals surface area contributed by atoms with Gasteiger partial charge in [0.25, 0.3) is 5.91 Å². The SMILES string of the molecule is COC(=O)c1ccc(N=C2S/C(=C\C=C\c3ccc(N(C)C)cc3)C(=O)N2C)cc1. The average molecular weight is 422 g/mol. The molecule has 6 nitrogen and oxygen atoms in total. The highest BCUT2D eigenvalue weighted by atomic mass is 32.2. The molecule has 0 bridgehead atoms. The Balaban J connectivity index is 1.71. The number of carbonyl (C=O) groups is 2. The molecular weight excluding hydrogens is 398 g/mol. The van der Waals surface area contributed by atoms with Crippen molar-refractivity contribution in [3.63, 3.8) is 0 Å². The Morgan fingerprint density at radius 3 is 2.37 bits per heavy atom. The molecule has 7 heteroatoms. The number of nitrogens with zero attached hydrogens (tertiary/aromatic N) is 3. The third-order valence-corrected chi connectivity index (χ3v) is 5.54. The molecule has 154 valence electrons. The highest BCUT2D eigenvalue weighted by Crippen LogP contribution is 2.31. The van der Waals surface area contributed by atoms with Gasteiger partial charge in [0.15, 0.2) is 5.17 Å². The molecular formula is C23H23N3O3S. The molecule has 0 aromatic heterocycles. The predicted octanol–water partition coefficient (Wildman–Crippen LogP) is 4.33. The van der Waals surface area contributed by atoms with Crippen LogP contribution in [0.4, 0.5) is 11.4 Å². The van der Waals surface area contributed by atoms with Crippen LogP contribution >= 0.6 is 11.8 Å². The minimum atomic E-state index is -0.398. The summed E-state index contributed by atoms with van der Waals surface area (Å²) in [5, 5.41) is 0.584. The highest BCUT2D eigenvalue weighted by Gasteiger charge is 2.29. The number of thioether (sulfide) groups is 1. The molecule has 0 saturated carbocycles. The first-order valence-corrected chi connectivity index (χ1v) is 10.1. The molecule has 1 amide bonds. The van der Waals surface area contributed by atoms with Crippen LogP contribution in [0.5, 0.6) is 0 Å². The minimum absolute atomic E-state index is 0.0995. The topological polar surface area (TPSA) is 62.2 Å². The van der Waals surface area contributed by atoms with Crippen molar-refractivity contribution >= 4 is 46.3 Å². The molecule has 1 heterocycles. The number of ether oxygens (including phenoxy) is 1. The molecule has 0 atom stereocenters. The predicted molar refractivity (Wildman–Crippen MR) is 123 cm³/mol. The van der Waals surface area contributed by atoms with E-state index in [9.17, 15) is 9.59 Å². The van der Waals surface area contributed by atoms with Crippen LogP contribution in [0, 0.1) is 0 Å². The molecule has 1 aliphatic heterocycles. The Kier molecular flexibility index (Phi) is 6.74. The van der Waals surface area contributed by atoms with Gasteiger partial charge in [0.2, 0.25) is 0 Å². The lowest BCUT2D eigenvalue weighted by molar-refractivity contribution is -0.121. The maximum atomic E-state index is 12.5. The van der Waals surface area contributed by atoms with Crippen molar-refractivity contribution in [1.29, 1.82) is 0 Å². The fourth-order valence-electron chi connectivity index (χ4n) is 2.70. The van der Waals surface area contributed by atoms with Gasteiger partial charge < -0.3 is 9.64 Å². The number of benzene rings is 2. The number of allylic oxidation sites excluding steroid dienone is 2. The molecule has 1 aliphatic rings. The Morgan fingerprint density at radius 2 is 1.77 bits per heavy atom. The molecule has 1 fully saturated rings. The fourth-order valence-corrected chi connectivity index (χ4v) is 3.63. The molecule has 2 aromatic carbocycles. The third-order valence-electron chi connectivity index (χ3n) is 4.46. The normalized spacial score (nSPS) is 16.7. The number of rotatable bonds is 5. The molecule has 2 aromatic rings. The zero-order valence-corrected chi connectivity index (χ0v) is 18.1. The van der Waals surface area contributed by atoms with E-state index < -0.39 is 5.97 Å². The van der Waals surface area contributed by atoms with Crippen molar-refractivity contribution in [2.45, 2.75) is 0 Å². The van der Waals surface area contributed by atoms with Gasteiger partial charge in [0.05, 0.1) is 23.3 Å². The van der Waals surface area contributed by atoms with Gasteiger partial charge in [-0.2, -0.15) is 0 Å². The lowest BCUT2D eigenvalue weighted by Crippen LogP contribution is -2.23. The summed E-state index contributed by atoms with van der Waals surface area (Å²) in [5.74, 6) is -0.498. The third kappa shape index (κ3) is 4.99. The van der Waals surface area contributed by atoms with Crippen molar-refractivity contribution in [2.75, 3.05) is 33.2 Å². The van der Waals surface area contributed by atoms with E-state index >= 15 is 0 Å². The molecule has 0 unspecified atom stereocenters. The molecule has 0 radical (unpaired) electrons. The number of likely N-dealkylation sites (N-methyl/N-ethyl adjacent to an activating group) is 1. The van der Waals surface area contributed by atoms with Gasteiger partial charge in [-0.25, -0.2) is 9.79 Å². The summed E-state index contributed by atoms with van der Waals surface area (Å²) in [7, 11) is 7.04. The summed E-state index contributed by atoms with van der Waals surface area (Å²) in [5.41, 5.74) is 3.30.